The van der Waals surface area contributed by atoms with Crippen LogP contribution in [0.15, 0.2) is 0 Å². The number of fused-ring (bicyclic) bond motifs is 2. The van der Waals surface area contributed by atoms with E-state index in [1.807, 2.05) is 0 Å². The van der Waals surface area contributed by atoms with Gasteiger partial charge in [0, 0.05) is 12.5 Å². The number of hydrogen-bond acceptors (Lipinski definition) is 2. The summed E-state index contributed by atoms with van der Waals surface area (Å²) in [6, 6.07) is 0. The van der Waals surface area contributed by atoms with Gasteiger partial charge in [-0.2, -0.15) is 0 Å². The number of rotatable bonds is 1. The molecule has 4 aliphatic rings. The average Bonchev–Trinajstić information content (AvgIpc) is 2.88. The lowest BCUT2D eigenvalue weighted by Gasteiger charge is -2.29. The molecule has 2 nitrogen and oxygen atoms in total. The van der Waals surface area contributed by atoms with E-state index in [1.54, 1.807) is 0 Å². The summed E-state index contributed by atoms with van der Waals surface area (Å²) in [6.07, 6.45) is 9.61. The van der Waals surface area contributed by atoms with E-state index in [9.17, 15) is 0 Å². The van der Waals surface area contributed by atoms with Crippen molar-refractivity contribution in [3.63, 3.8) is 0 Å². The maximum Gasteiger partial charge on any atom is 0.0664 e. The Balaban J connectivity index is 1.41. The van der Waals surface area contributed by atoms with Gasteiger partial charge in [-0.3, -0.25) is 0 Å². The zero-order chi connectivity index (χ0) is 10.5. The van der Waals surface area contributed by atoms with E-state index in [2.05, 4.69) is 0 Å². The van der Waals surface area contributed by atoms with Gasteiger partial charge < -0.3 is 9.47 Å². The summed E-state index contributed by atoms with van der Waals surface area (Å²) in [5.41, 5.74) is 0. The second-order valence-electron chi connectivity index (χ2n) is 6.27. The molecule has 0 N–H and O–H groups in total. The predicted octanol–water partition coefficient (Wildman–Crippen LogP) is 2.62. The summed E-state index contributed by atoms with van der Waals surface area (Å²) >= 11 is 0. The third kappa shape index (κ3) is 1.46. The lowest BCUT2D eigenvalue weighted by molar-refractivity contribution is -0.0294. The van der Waals surface area contributed by atoms with Crippen LogP contribution in [-0.2, 0) is 9.47 Å². The van der Waals surface area contributed by atoms with Crippen molar-refractivity contribution < 1.29 is 9.47 Å². The molecule has 90 valence electrons. The highest BCUT2D eigenvalue weighted by Gasteiger charge is 2.61. The molecule has 2 saturated carbocycles. The largest absolute Gasteiger partial charge is 0.378 e. The van der Waals surface area contributed by atoms with Crippen molar-refractivity contribution in [3.8, 4) is 0 Å². The van der Waals surface area contributed by atoms with E-state index in [0.29, 0.717) is 12.2 Å². The Morgan fingerprint density at radius 1 is 0.812 bits per heavy atom. The van der Waals surface area contributed by atoms with Crippen molar-refractivity contribution in [2.24, 2.45) is 23.7 Å². The van der Waals surface area contributed by atoms with Crippen molar-refractivity contribution in [3.05, 3.63) is 0 Å². The molecular weight excluding hydrogens is 200 g/mol. The van der Waals surface area contributed by atoms with Crippen LogP contribution in [0, 0.1) is 23.7 Å². The normalized spacial score (nSPS) is 55.5. The fourth-order valence-corrected chi connectivity index (χ4v) is 4.41. The molecule has 0 aromatic rings. The molecular formula is C14H22O2. The van der Waals surface area contributed by atoms with Crippen LogP contribution >= 0.6 is 0 Å². The van der Waals surface area contributed by atoms with E-state index >= 15 is 0 Å². The smallest absolute Gasteiger partial charge is 0.0664 e. The molecule has 2 aliphatic carbocycles. The molecule has 2 heterocycles. The summed E-state index contributed by atoms with van der Waals surface area (Å²) in [7, 11) is 0. The second-order valence-corrected chi connectivity index (χ2v) is 6.27. The van der Waals surface area contributed by atoms with Crippen molar-refractivity contribution in [1.29, 1.82) is 0 Å². The van der Waals surface area contributed by atoms with Crippen LogP contribution < -0.4 is 0 Å². The van der Waals surface area contributed by atoms with Gasteiger partial charge in [0.25, 0.3) is 0 Å². The summed E-state index contributed by atoms with van der Waals surface area (Å²) in [6.45, 7) is 2.08. The van der Waals surface area contributed by atoms with Gasteiger partial charge in [-0.25, -0.2) is 0 Å². The topological polar surface area (TPSA) is 18.5 Å². The van der Waals surface area contributed by atoms with Gasteiger partial charge in [-0.15, -0.1) is 0 Å². The van der Waals surface area contributed by atoms with Gasteiger partial charge in [0.05, 0.1) is 18.8 Å². The lowest BCUT2D eigenvalue weighted by atomic mass is 9.90. The van der Waals surface area contributed by atoms with Crippen LogP contribution in [0.2, 0.25) is 0 Å². The van der Waals surface area contributed by atoms with E-state index in [0.717, 1.165) is 36.9 Å². The Morgan fingerprint density at radius 2 is 1.62 bits per heavy atom. The zero-order valence-electron chi connectivity index (χ0n) is 9.94. The third-order valence-corrected chi connectivity index (χ3v) is 5.49. The van der Waals surface area contributed by atoms with Gasteiger partial charge in [0.2, 0.25) is 0 Å². The molecule has 4 rings (SSSR count). The molecule has 0 aromatic carbocycles. The molecule has 0 amide bonds. The molecule has 0 aromatic heterocycles. The molecule has 6 atom stereocenters. The minimum Gasteiger partial charge on any atom is -0.378 e. The first-order chi connectivity index (χ1) is 7.93. The Morgan fingerprint density at radius 3 is 2.44 bits per heavy atom. The zero-order valence-corrected chi connectivity index (χ0v) is 9.94. The molecule has 2 aliphatic heterocycles. The molecule has 2 heteroatoms. The molecule has 6 unspecified atom stereocenters. The SMILES string of the molecule is C1COC2CCC(C3C4COC43)CCC2C1. The van der Waals surface area contributed by atoms with Crippen molar-refractivity contribution in [2.75, 3.05) is 13.2 Å². The maximum absolute atomic E-state index is 5.95. The van der Waals surface area contributed by atoms with Crippen LogP contribution in [0.1, 0.15) is 38.5 Å². The Kier molecular flexibility index (Phi) is 2.29. The minimum atomic E-state index is 0.607. The Labute approximate surface area is 97.7 Å². The molecule has 0 bridgehead atoms. The van der Waals surface area contributed by atoms with Gasteiger partial charge in [-0.1, -0.05) is 0 Å². The van der Waals surface area contributed by atoms with E-state index in [4.69, 9.17) is 9.47 Å². The fraction of sp³-hybridized carbons (Fsp3) is 1.00. The first-order valence-corrected chi connectivity index (χ1v) is 7.16. The second kappa shape index (κ2) is 3.71. The third-order valence-electron chi connectivity index (χ3n) is 5.49. The quantitative estimate of drug-likeness (QED) is 0.679. The van der Waals surface area contributed by atoms with Crippen LogP contribution in [0.5, 0.6) is 0 Å². The first-order valence-electron chi connectivity index (χ1n) is 7.16. The molecule has 2 saturated heterocycles. The molecule has 0 spiro atoms. The molecule has 4 fully saturated rings. The summed E-state index contributed by atoms with van der Waals surface area (Å²) in [5, 5.41) is 0. The van der Waals surface area contributed by atoms with Crippen LogP contribution in [0.25, 0.3) is 0 Å². The Bertz CT molecular complexity index is 252. The predicted molar refractivity (Wildman–Crippen MR) is 61.1 cm³/mol. The standard InChI is InChI=1S/C14H22O2/c1-2-9-3-4-10(5-6-12(9)15-7-1)13-11-8-16-14(11)13/h9-14H,1-8H2. The highest BCUT2D eigenvalue weighted by Crippen LogP contribution is 2.57. The summed E-state index contributed by atoms with van der Waals surface area (Å²) in [4.78, 5) is 0. The minimum absolute atomic E-state index is 0.607. The van der Waals surface area contributed by atoms with Crippen molar-refractivity contribution in [1.82, 2.24) is 0 Å². The van der Waals surface area contributed by atoms with Crippen LogP contribution in [0.3, 0.4) is 0 Å². The van der Waals surface area contributed by atoms with Gasteiger partial charge >= 0.3 is 0 Å². The van der Waals surface area contributed by atoms with Crippen molar-refractivity contribution >= 4 is 0 Å². The van der Waals surface area contributed by atoms with E-state index < -0.39 is 0 Å². The maximum atomic E-state index is 5.95. The van der Waals surface area contributed by atoms with E-state index in [-0.39, 0.29) is 0 Å². The first kappa shape index (κ1) is 9.90. The van der Waals surface area contributed by atoms with Crippen LogP contribution in [0.4, 0.5) is 0 Å². The van der Waals surface area contributed by atoms with Crippen LogP contribution in [-0.4, -0.2) is 25.4 Å². The average molecular weight is 222 g/mol. The molecule has 0 radical (unpaired) electrons. The highest BCUT2D eigenvalue weighted by atomic mass is 16.5. The monoisotopic (exact) mass is 222 g/mol. The summed E-state index contributed by atoms with van der Waals surface area (Å²) in [5.74, 6) is 3.76. The highest BCUT2D eigenvalue weighted by molar-refractivity contribution is 5.08. The van der Waals surface area contributed by atoms with Gasteiger partial charge in [0.1, 0.15) is 0 Å². The van der Waals surface area contributed by atoms with E-state index in [1.165, 1.54) is 38.5 Å². The van der Waals surface area contributed by atoms with Gasteiger partial charge in [0.15, 0.2) is 0 Å². The number of ether oxygens (including phenoxy) is 2. The van der Waals surface area contributed by atoms with Crippen molar-refractivity contribution in [2.45, 2.75) is 50.7 Å². The fourth-order valence-electron chi connectivity index (χ4n) is 4.41. The lowest BCUT2D eigenvalue weighted by Crippen LogP contribution is -2.28. The molecule has 16 heavy (non-hydrogen) atoms. The van der Waals surface area contributed by atoms with Gasteiger partial charge in [-0.05, 0) is 56.3 Å². The Hall–Kier alpha value is -0.0800. The summed E-state index contributed by atoms with van der Waals surface area (Å²) < 4.78 is 11.5. The number of hydrogen-bond donors (Lipinski definition) is 0.